The van der Waals surface area contributed by atoms with E-state index in [0.717, 1.165) is 5.69 Å². The van der Waals surface area contributed by atoms with E-state index < -0.39 is 0 Å². The third-order valence-electron chi connectivity index (χ3n) is 2.11. The fraction of sp³-hybridized carbons (Fsp3) is 0.636. The van der Waals surface area contributed by atoms with Crippen LogP contribution in [-0.4, -0.2) is 28.5 Å². The zero-order valence-corrected chi connectivity index (χ0v) is 10.2. The fourth-order valence-electron chi connectivity index (χ4n) is 1.26. The topological polar surface area (TPSA) is 53.3 Å². The summed E-state index contributed by atoms with van der Waals surface area (Å²) < 4.78 is 12.0. The Balaban J connectivity index is 2.81. The molecule has 1 aromatic heterocycles. The number of carbonyl (C=O) groups is 1. The molecule has 5 nitrogen and oxygen atoms in total. The second-order valence-electron chi connectivity index (χ2n) is 3.71. The maximum absolute atomic E-state index is 11.6. The Bertz CT molecular complexity index is 358. The Morgan fingerprint density at radius 3 is 2.81 bits per heavy atom. The summed E-state index contributed by atoms with van der Waals surface area (Å²) in [6.07, 6.45) is 1.63. The van der Waals surface area contributed by atoms with Crippen LogP contribution in [0.2, 0.25) is 0 Å². The van der Waals surface area contributed by atoms with Crippen LogP contribution in [0.4, 0.5) is 0 Å². The molecule has 0 aliphatic heterocycles. The minimum Gasteiger partial charge on any atom is -0.462 e. The number of hydrogen-bond donors (Lipinski definition) is 0. The molecule has 0 saturated carbocycles. The highest BCUT2D eigenvalue weighted by Gasteiger charge is 2.17. The zero-order chi connectivity index (χ0) is 12.1. The lowest BCUT2D eigenvalue weighted by molar-refractivity contribution is 0.0486. The average molecular weight is 226 g/mol. The Morgan fingerprint density at radius 2 is 2.25 bits per heavy atom. The highest BCUT2D eigenvalue weighted by molar-refractivity contribution is 5.90. The minimum absolute atomic E-state index is 0.116. The fourth-order valence-corrected chi connectivity index (χ4v) is 1.26. The number of ether oxygens (including phenoxy) is 2. The Labute approximate surface area is 95.3 Å². The lowest BCUT2D eigenvalue weighted by Gasteiger charge is -2.09. The van der Waals surface area contributed by atoms with Gasteiger partial charge in [0.2, 0.25) is 0 Å². The molecule has 0 aliphatic carbocycles. The van der Waals surface area contributed by atoms with Crippen LogP contribution in [0.3, 0.4) is 0 Å². The normalized spacial score (nSPS) is 10.8. The van der Waals surface area contributed by atoms with Crippen LogP contribution in [-0.2, 0) is 23.1 Å². The van der Waals surface area contributed by atoms with Crippen LogP contribution in [0.1, 0.15) is 36.8 Å². The van der Waals surface area contributed by atoms with Gasteiger partial charge >= 0.3 is 5.97 Å². The van der Waals surface area contributed by atoms with Crippen molar-refractivity contribution in [2.45, 2.75) is 33.5 Å². The number of hydrogen-bond acceptors (Lipinski definition) is 4. The van der Waals surface area contributed by atoms with Crippen LogP contribution in [0, 0.1) is 0 Å². The van der Waals surface area contributed by atoms with Gasteiger partial charge in [0.25, 0.3) is 0 Å². The summed E-state index contributed by atoms with van der Waals surface area (Å²) in [6.45, 7) is 6.39. The first-order valence-corrected chi connectivity index (χ1v) is 5.35. The van der Waals surface area contributed by atoms with E-state index in [1.807, 2.05) is 13.8 Å². The molecule has 0 fully saturated rings. The summed E-state index contributed by atoms with van der Waals surface area (Å²) in [5.74, 6) is -0.349. The predicted molar refractivity (Wildman–Crippen MR) is 59.1 cm³/mol. The third kappa shape index (κ3) is 3.06. The Hall–Kier alpha value is -1.36. The molecule has 0 atom stereocenters. The number of nitrogens with zero attached hydrogens (tertiary/aromatic N) is 2. The van der Waals surface area contributed by atoms with Crippen LogP contribution in [0.15, 0.2) is 6.20 Å². The molecule has 0 N–H and O–H groups in total. The van der Waals surface area contributed by atoms with Crippen molar-refractivity contribution in [2.24, 2.45) is 7.05 Å². The average Bonchev–Trinajstić information content (AvgIpc) is 2.57. The van der Waals surface area contributed by atoms with Crippen LogP contribution in [0.25, 0.3) is 0 Å². The van der Waals surface area contributed by atoms with Gasteiger partial charge in [-0.05, 0) is 20.8 Å². The predicted octanol–water partition coefficient (Wildman–Crippen LogP) is 1.52. The summed E-state index contributed by atoms with van der Waals surface area (Å²) in [4.78, 5) is 11.6. The van der Waals surface area contributed by atoms with E-state index in [9.17, 15) is 4.79 Å². The van der Waals surface area contributed by atoms with Gasteiger partial charge in [-0.2, -0.15) is 5.10 Å². The highest BCUT2D eigenvalue weighted by Crippen LogP contribution is 2.11. The number of esters is 1. The largest absolute Gasteiger partial charge is 0.462 e. The molecule has 0 amide bonds. The van der Waals surface area contributed by atoms with Gasteiger partial charge in [-0.1, -0.05) is 0 Å². The van der Waals surface area contributed by atoms with Crippen molar-refractivity contribution in [1.29, 1.82) is 0 Å². The molecule has 90 valence electrons. The van der Waals surface area contributed by atoms with E-state index in [1.54, 1.807) is 18.7 Å². The van der Waals surface area contributed by atoms with Crippen molar-refractivity contribution in [3.63, 3.8) is 0 Å². The van der Waals surface area contributed by atoms with Crippen molar-refractivity contribution < 1.29 is 14.3 Å². The molecule has 0 saturated heterocycles. The maximum Gasteiger partial charge on any atom is 0.341 e. The summed E-state index contributed by atoms with van der Waals surface area (Å²) in [6, 6.07) is 0. The molecular formula is C11H18N2O3. The van der Waals surface area contributed by atoms with E-state index in [0.29, 0.717) is 18.8 Å². The van der Waals surface area contributed by atoms with E-state index in [4.69, 9.17) is 9.47 Å². The van der Waals surface area contributed by atoms with Gasteiger partial charge in [0, 0.05) is 7.05 Å². The lowest BCUT2D eigenvalue weighted by Crippen LogP contribution is -2.12. The molecule has 1 rings (SSSR count). The summed E-state index contributed by atoms with van der Waals surface area (Å²) in [5.41, 5.74) is 1.22. The van der Waals surface area contributed by atoms with Crippen molar-refractivity contribution in [3.8, 4) is 0 Å². The molecule has 0 radical (unpaired) electrons. The summed E-state index contributed by atoms with van der Waals surface area (Å²) in [7, 11) is 1.78. The van der Waals surface area contributed by atoms with E-state index in [2.05, 4.69) is 5.10 Å². The first-order valence-electron chi connectivity index (χ1n) is 5.35. The van der Waals surface area contributed by atoms with Crippen molar-refractivity contribution >= 4 is 5.97 Å². The van der Waals surface area contributed by atoms with Gasteiger partial charge in [-0.3, -0.25) is 4.68 Å². The van der Waals surface area contributed by atoms with Crippen LogP contribution < -0.4 is 0 Å². The first kappa shape index (κ1) is 12.7. The summed E-state index contributed by atoms with van der Waals surface area (Å²) in [5, 5.41) is 4.03. The number of aryl methyl sites for hydroxylation is 1. The second-order valence-corrected chi connectivity index (χ2v) is 3.71. The molecule has 0 bridgehead atoms. The molecule has 1 heterocycles. The number of rotatable bonds is 5. The van der Waals surface area contributed by atoms with Gasteiger partial charge < -0.3 is 9.47 Å². The summed E-state index contributed by atoms with van der Waals surface area (Å²) >= 11 is 0. The monoisotopic (exact) mass is 226 g/mol. The van der Waals surface area contributed by atoms with Crippen molar-refractivity contribution in [3.05, 3.63) is 17.5 Å². The molecule has 0 aromatic carbocycles. The van der Waals surface area contributed by atoms with E-state index >= 15 is 0 Å². The molecular weight excluding hydrogens is 208 g/mol. The molecule has 0 spiro atoms. The lowest BCUT2D eigenvalue weighted by atomic mass is 10.2. The molecule has 0 aliphatic rings. The number of carbonyl (C=O) groups excluding carboxylic acids is 1. The van der Waals surface area contributed by atoms with Gasteiger partial charge in [0.05, 0.1) is 31.2 Å². The van der Waals surface area contributed by atoms with Crippen LogP contribution in [0.5, 0.6) is 0 Å². The van der Waals surface area contributed by atoms with E-state index in [-0.39, 0.29) is 12.1 Å². The van der Waals surface area contributed by atoms with Gasteiger partial charge in [-0.25, -0.2) is 4.79 Å². The van der Waals surface area contributed by atoms with Crippen molar-refractivity contribution in [1.82, 2.24) is 9.78 Å². The van der Waals surface area contributed by atoms with Gasteiger partial charge in [0.15, 0.2) is 0 Å². The third-order valence-corrected chi connectivity index (χ3v) is 2.11. The molecule has 5 heteroatoms. The van der Waals surface area contributed by atoms with Crippen LogP contribution >= 0.6 is 0 Å². The Kier molecular flexibility index (Phi) is 4.49. The molecule has 0 unspecified atom stereocenters. The zero-order valence-electron chi connectivity index (χ0n) is 10.2. The second kappa shape index (κ2) is 5.65. The molecule has 16 heavy (non-hydrogen) atoms. The van der Waals surface area contributed by atoms with Gasteiger partial charge in [-0.15, -0.1) is 0 Å². The minimum atomic E-state index is -0.349. The van der Waals surface area contributed by atoms with E-state index in [1.165, 1.54) is 6.20 Å². The Morgan fingerprint density at radius 1 is 1.56 bits per heavy atom. The SMILES string of the molecule is CCOC(=O)c1cnn(C)c1COC(C)C. The van der Waals surface area contributed by atoms with Crippen molar-refractivity contribution in [2.75, 3.05) is 6.61 Å². The number of aromatic nitrogens is 2. The standard InChI is InChI=1S/C11H18N2O3/c1-5-15-11(14)9-6-12-13(4)10(9)7-16-8(2)3/h6,8H,5,7H2,1-4H3. The first-order chi connectivity index (χ1) is 7.56. The van der Waals surface area contributed by atoms with Gasteiger partial charge in [0.1, 0.15) is 5.56 Å². The maximum atomic E-state index is 11.6. The quantitative estimate of drug-likeness (QED) is 0.714. The molecule has 1 aromatic rings. The highest BCUT2D eigenvalue weighted by atomic mass is 16.5. The smallest absolute Gasteiger partial charge is 0.341 e.